The summed E-state index contributed by atoms with van der Waals surface area (Å²) in [7, 11) is 0. The Labute approximate surface area is 193 Å². The number of piperazine rings is 1. The molecular weight excluding hydrogens is 419 g/mol. The van der Waals surface area contributed by atoms with Gasteiger partial charge in [-0.3, -0.25) is 14.8 Å². The highest BCUT2D eigenvalue weighted by Gasteiger charge is 2.18. The van der Waals surface area contributed by atoms with Gasteiger partial charge in [-0.25, -0.2) is 0 Å². The number of hydrogen-bond acceptors (Lipinski definition) is 5. The van der Waals surface area contributed by atoms with E-state index in [1.54, 1.807) is 0 Å². The second kappa shape index (κ2) is 11.9. The van der Waals surface area contributed by atoms with Crippen LogP contribution in [0.4, 0.5) is 5.69 Å². The fourth-order valence-corrected chi connectivity index (χ4v) is 4.05. The van der Waals surface area contributed by atoms with Crippen LogP contribution in [0.5, 0.6) is 0 Å². The van der Waals surface area contributed by atoms with Crippen molar-refractivity contribution < 1.29 is 4.74 Å². The molecule has 0 bridgehead atoms. The van der Waals surface area contributed by atoms with Gasteiger partial charge in [0.25, 0.3) is 0 Å². The van der Waals surface area contributed by atoms with Gasteiger partial charge in [0.1, 0.15) is 0 Å². The molecule has 0 saturated carbocycles. The van der Waals surface area contributed by atoms with Gasteiger partial charge in [0.05, 0.1) is 18.9 Å². The summed E-state index contributed by atoms with van der Waals surface area (Å²) in [6, 6.07) is 13.8. The molecule has 0 radical (unpaired) electrons. The molecule has 5 nitrogen and oxygen atoms in total. The van der Waals surface area contributed by atoms with Crippen LogP contribution in [-0.4, -0.2) is 73.3 Å². The van der Waals surface area contributed by atoms with Gasteiger partial charge in [-0.2, -0.15) is 0 Å². The molecule has 0 spiro atoms. The number of anilines is 1. The van der Waals surface area contributed by atoms with Crippen molar-refractivity contribution >= 4 is 30.5 Å². The van der Waals surface area contributed by atoms with Crippen molar-refractivity contribution in [3.05, 3.63) is 48.2 Å². The summed E-state index contributed by atoms with van der Waals surface area (Å²) in [6.07, 6.45) is 2.04. The van der Waals surface area contributed by atoms with Crippen molar-refractivity contribution in [1.82, 2.24) is 14.8 Å². The maximum Gasteiger partial charge on any atom is 0.0702 e. The first kappa shape index (κ1) is 24.9. The number of ether oxygens (including phenoxy) is 1. The van der Waals surface area contributed by atoms with Crippen LogP contribution in [0.1, 0.15) is 19.4 Å². The van der Waals surface area contributed by atoms with Crippen molar-refractivity contribution in [1.29, 1.82) is 0 Å². The maximum absolute atomic E-state index is 5.44. The van der Waals surface area contributed by atoms with Gasteiger partial charge in [0.2, 0.25) is 0 Å². The van der Waals surface area contributed by atoms with E-state index >= 15 is 0 Å². The van der Waals surface area contributed by atoms with Gasteiger partial charge in [-0.05, 0) is 37.6 Å². The van der Waals surface area contributed by atoms with E-state index in [0.29, 0.717) is 6.04 Å². The summed E-state index contributed by atoms with van der Waals surface area (Å²) in [5.41, 5.74) is 4.78. The van der Waals surface area contributed by atoms with Gasteiger partial charge >= 0.3 is 0 Å². The Morgan fingerprint density at radius 3 is 2.10 bits per heavy atom. The van der Waals surface area contributed by atoms with Crippen molar-refractivity contribution in [2.75, 3.05) is 57.4 Å². The molecule has 2 aliphatic rings. The van der Waals surface area contributed by atoms with Crippen LogP contribution in [-0.2, 0) is 11.3 Å². The summed E-state index contributed by atoms with van der Waals surface area (Å²) in [6.45, 7) is 13.7. The molecule has 2 saturated heterocycles. The number of nitrogens with zero attached hydrogens (tertiary/aromatic N) is 4. The molecule has 2 fully saturated rings. The normalized spacial score (nSPS) is 18.0. The van der Waals surface area contributed by atoms with Crippen LogP contribution >= 0.6 is 24.8 Å². The topological polar surface area (TPSA) is 31.8 Å². The van der Waals surface area contributed by atoms with E-state index in [9.17, 15) is 0 Å². The molecule has 30 heavy (non-hydrogen) atoms. The largest absolute Gasteiger partial charge is 0.378 e. The van der Waals surface area contributed by atoms with Crippen molar-refractivity contribution in [2.24, 2.45) is 0 Å². The Morgan fingerprint density at radius 1 is 0.867 bits per heavy atom. The maximum atomic E-state index is 5.44. The molecule has 1 aromatic heterocycles. The lowest BCUT2D eigenvalue weighted by atomic mass is 10.1. The first-order valence-electron chi connectivity index (χ1n) is 10.5. The van der Waals surface area contributed by atoms with Gasteiger partial charge in [0.15, 0.2) is 0 Å². The average molecular weight is 453 g/mol. The molecular formula is C23H34Cl2N4O. The lowest BCUT2D eigenvalue weighted by Crippen LogP contribution is -2.48. The van der Waals surface area contributed by atoms with E-state index < -0.39 is 0 Å². The predicted molar refractivity (Wildman–Crippen MR) is 129 cm³/mol. The molecule has 166 valence electrons. The molecule has 0 unspecified atom stereocenters. The highest BCUT2D eigenvalue weighted by atomic mass is 35.5. The highest BCUT2D eigenvalue weighted by molar-refractivity contribution is 5.85. The van der Waals surface area contributed by atoms with Gasteiger partial charge in [-0.15, -0.1) is 24.8 Å². The lowest BCUT2D eigenvalue weighted by Gasteiger charge is -2.36. The number of benzene rings is 1. The molecule has 2 aliphatic heterocycles. The summed E-state index contributed by atoms with van der Waals surface area (Å²) in [4.78, 5) is 12.2. The van der Waals surface area contributed by atoms with Crippen LogP contribution in [0.15, 0.2) is 42.6 Å². The third-order valence-electron chi connectivity index (χ3n) is 5.91. The fraction of sp³-hybridized carbons (Fsp3) is 0.522. The highest BCUT2D eigenvalue weighted by Crippen LogP contribution is 2.23. The van der Waals surface area contributed by atoms with E-state index in [0.717, 1.165) is 51.6 Å². The monoisotopic (exact) mass is 452 g/mol. The summed E-state index contributed by atoms with van der Waals surface area (Å²) < 4.78 is 5.44. The Balaban J connectivity index is 0.00000160. The summed E-state index contributed by atoms with van der Waals surface area (Å²) >= 11 is 0. The predicted octanol–water partition coefficient (Wildman–Crippen LogP) is 3.95. The Morgan fingerprint density at radius 2 is 1.53 bits per heavy atom. The van der Waals surface area contributed by atoms with Crippen LogP contribution in [0.2, 0.25) is 0 Å². The molecule has 0 aliphatic carbocycles. The molecule has 2 aromatic rings. The van der Waals surface area contributed by atoms with E-state index in [1.807, 2.05) is 6.20 Å². The first-order chi connectivity index (χ1) is 13.7. The second-order valence-corrected chi connectivity index (χ2v) is 8.10. The van der Waals surface area contributed by atoms with Crippen molar-refractivity contribution in [3.8, 4) is 11.3 Å². The minimum atomic E-state index is 0. The minimum absolute atomic E-state index is 0. The van der Waals surface area contributed by atoms with Gasteiger partial charge < -0.3 is 9.64 Å². The molecule has 4 rings (SSSR count). The molecule has 0 N–H and O–H groups in total. The van der Waals surface area contributed by atoms with E-state index in [-0.39, 0.29) is 24.8 Å². The smallest absolute Gasteiger partial charge is 0.0702 e. The summed E-state index contributed by atoms with van der Waals surface area (Å²) in [5.74, 6) is 0. The number of aromatic nitrogens is 1. The first-order valence-corrected chi connectivity index (χ1v) is 10.5. The van der Waals surface area contributed by atoms with Crippen molar-refractivity contribution in [3.63, 3.8) is 0 Å². The summed E-state index contributed by atoms with van der Waals surface area (Å²) in [5, 5.41) is 0. The van der Waals surface area contributed by atoms with Crippen LogP contribution in [0.25, 0.3) is 11.3 Å². The molecule has 1 aromatic carbocycles. The number of hydrogen-bond donors (Lipinski definition) is 0. The quantitative estimate of drug-likeness (QED) is 0.685. The van der Waals surface area contributed by atoms with Crippen LogP contribution in [0, 0.1) is 0 Å². The third kappa shape index (κ3) is 6.32. The third-order valence-corrected chi connectivity index (χ3v) is 5.91. The SMILES string of the molecule is CC(C)N1CCN(Cc2ccc(-c3ccc(N4CCOCC4)cc3)nc2)CC1.Cl.Cl. The van der Waals surface area contributed by atoms with Gasteiger partial charge in [0, 0.05) is 69.3 Å². The zero-order valence-corrected chi connectivity index (χ0v) is 19.6. The van der Waals surface area contributed by atoms with Crippen LogP contribution < -0.4 is 4.90 Å². The Bertz CT molecular complexity index is 741. The average Bonchev–Trinajstić information content (AvgIpc) is 2.75. The molecule has 0 amide bonds. The number of morpholine rings is 1. The fourth-order valence-electron chi connectivity index (χ4n) is 4.05. The van der Waals surface area contributed by atoms with E-state index in [4.69, 9.17) is 9.72 Å². The van der Waals surface area contributed by atoms with E-state index in [2.05, 4.69) is 64.9 Å². The number of rotatable bonds is 5. The zero-order valence-electron chi connectivity index (χ0n) is 18.0. The number of pyridine rings is 1. The Kier molecular flexibility index (Phi) is 9.85. The zero-order chi connectivity index (χ0) is 19.3. The molecule has 7 heteroatoms. The van der Waals surface area contributed by atoms with Crippen molar-refractivity contribution in [2.45, 2.75) is 26.4 Å². The molecule has 0 atom stereocenters. The van der Waals surface area contributed by atoms with Crippen LogP contribution in [0.3, 0.4) is 0 Å². The standard InChI is InChI=1S/C23H32N4O.2ClH/c1-19(2)26-11-9-25(10-12-26)18-20-3-8-23(24-17-20)21-4-6-22(7-5-21)27-13-15-28-16-14-27;;/h3-8,17,19H,9-16,18H2,1-2H3;2*1H. The molecule has 3 heterocycles. The Hall–Kier alpha value is -1.37. The van der Waals surface area contributed by atoms with E-state index in [1.165, 1.54) is 29.9 Å². The minimum Gasteiger partial charge on any atom is -0.378 e. The second-order valence-electron chi connectivity index (χ2n) is 8.10. The van der Waals surface area contributed by atoms with Gasteiger partial charge in [-0.1, -0.05) is 18.2 Å². The lowest BCUT2D eigenvalue weighted by molar-refractivity contribution is 0.104. The number of halogens is 2.